The van der Waals surface area contributed by atoms with Crippen LogP contribution in [0.25, 0.3) is 0 Å². The number of rotatable bonds is 8. The Labute approximate surface area is 125 Å². The van der Waals surface area contributed by atoms with Crippen LogP contribution in [0.4, 0.5) is 4.79 Å². The average molecular weight is 325 g/mol. The van der Waals surface area contributed by atoms with Crippen molar-refractivity contribution in [3.8, 4) is 0 Å². The first kappa shape index (κ1) is 18.9. The number of amides is 1. The number of carboxylic acid groups (broad SMARTS) is 2. The van der Waals surface area contributed by atoms with Crippen LogP contribution in [-0.4, -0.2) is 51.4 Å². The van der Waals surface area contributed by atoms with Gasteiger partial charge in [0.1, 0.15) is 11.6 Å². The summed E-state index contributed by atoms with van der Waals surface area (Å²) in [5.41, 5.74) is -0.698. The van der Waals surface area contributed by atoms with Gasteiger partial charge < -0.3 is 20.3 Å². The molecule has 0 aromatic heterocycles. The first-order chi connectivity index (χ1) is 9.11. The molecule has 7 nitrogen and oxygen atoms in total. The molecule has 0 rings (SSSR count). The second kappa shape index (κ2) is 8.96. The zero-order valence-electron chi connectivity index (χ0n) is 11.5. The van der Waals surface area contributed by atoms with Crippen LogP contribution in [0.2, 0.25) is 0 Å². The maximum atomic E-state index is 11.5. The van der Waals surface area contributed by atoms with Crippen molar-refractivity contribution in [2.75, 3.05) is 11.5 Å². The minimum Gasteiger partial charge on any atom is -0.481 e. The number of carboxylic acids is 2. The minimum absolute atomic E-state index is 0.00883. The quantitative estimate of drug-likeness (QED) is 0.457. The smallest absolute Gasteiger partial charge is 0.408 e. The van der Waals surface area contributed by atoms with E-state index in [9.17, 15) is 14.4 Å². The number of hydrogen-bond donors (Lipinski definition) is 3. The summed E-state index contributed by atoms with van der Waals surface area (Å²) >= 11 is 0. The van der Waals surface area contributed by atoms with Crippen LogP contribution in [0.1, 0.15) is 27.2 Å². The van der Waals surface area contributed by atoms with Crippen LogP contribution >= 0.6 is 21.6 Å². The SMILES string of the molecule is CC(C)(C)OC(=O)NC(CSSCCC(=O)O)C(=O)O. The number of nitrogens with one attached hydrogen (secondary N) is 1. The van der Waals surface area contributed by atoms with Crippen LogP contribution in [-0.2, 0) is 14.3 Å². The molecule has 9 heteroatoms. The third kappa shape index (κ3) is 10.8. The van der Waals surface area contributed by atoms with Crippen molar-refractivity contribution in [2.45, 2.75) is 38.8 Å². The van der Waals surface area contributed by atoms with Gasteiger partial charge in [-0.2, -0.15) is 0 Å². The molecular weight excluding hydrogens is 306 g/mol. The van der Waals surface area contributed by atoms with Gasteiger partial charge in [0, 0.05) is 11.5 Å². The molecule has 0 spiro atoms. The van der Waals surface area contributed by atoms with E-state index in [0.29, 0.717) is 5.75 Å². The van der Waals surface area contributed by atoms with E-state index in [1.165, 1.54) is 21.6 Å². The van der Waals surface area contributed by atoms with E-state index in [0.717, 1.165) is 0 Å². The normalized spacial score (nSPS) is 12.6. The van der Waals surface area contributed by atoms with Gasteiger partial charge in [-0.1, -0.05) is 21.6 Å². The average Bonchev–Trinajstić information content (AvgIpc) is 2.23. The molecule has 3 N–H and O–H groups in total. The third-order valence-electron chi connectivity index (χ3n) is 1.71. The van der Waals surface area contributed by atoms with Crippen molar-refractivity contribution in [2.24, 2.45) is 0 Å². The molecular formula is C11H19NO6S2. The largest absolute Gasteiger partial charge is 0.481 e. The van der Waals surface area contributed by atoms with E-state index in [4.69, 9.17) is 14.9 Å². The Kier molecular flexibility index (Phi) is 8.47. The van der Waals surface area contributed by atoms with Gasteiger partial charge in [-0.05, 0) is 20.8 Å². The summed E-state index contributed by atoms with van der Waals surface area (Å²) in [7, 11) is 2.44. The molecule has 0 saturated carbocycles. The van der Waals surface area contributed by atoms with Crippen molar-refractivity contribution >= 4 is 39.6 Å². The highest BCUT2D eigenvalue weighted by Gasteiger charge is 2.23. The van der Waals surface area contributed by atoms with Crippen LogP contribution < -0.4 is 5.32 Å². The molecule has 0 heterocycles. The van der Waals surface area contributed by atoms with Gasteiger partial charge in [0.15, 0.2) is 0 Å². The Morgan fingerprint density at radius 3 is 2.25 bits per heavy atom. The molecule has 0 aliphatic carbocycles. The van der Waals surface area contributed by atoms with E-state index in [1.807, 2.05) is 0 Å². The van der Waals surface area contributed by atoms with Gasteiger partial charge in [-0.25, -0.2) is 9.59 Å². The number of alkyl carbamates (subject to hydrolysis) is 1. The molecule has 1 unspecified atom stereocenters. The summed E-state index contributed by atoms with van der Waals surface area (Å²) in [4.78, 5) is 32.7. The number of ether oxygens (including phenoxy) is 1. The van der Waals surface area contributed by atoms with Crippen LogP contribution in [0.15, 0.2) is 0 Å². The molecule has 0 fully saturated rings. The van der Waals surface area contributed by atoms with Gasteiger partial charge in [0.25, 0.3) is 0 Å². The lowest BCUT2D eigenvalue weighted by atomic mass is 10.2. The summed E-state index contributed by atoms with van der Waals surface area (Å²) < 4.78 is 4.97. The molecule has 116 valence electrons. The van der Waals surface area contributed by atoms with Crippen LogP contribution in [0, 0.1) is 0 Å². The molecule has 0 aliphatic heterocycles. The van der Waals surface area contributed by atoms with E-state index < -0.39 is 29.7 Å². The fourth-order valence-electron chi connectivity index (χ4n) is 0.929. The number of carbonyl (C=O) groups excluding carboxylic acids is 1. The fourth-order valence-corrected chi connectivity index (χ4v) is 3.06. The summed E-state index contributed by atoms with van der Waals surface area (Å²) in [6.45, 7) is 5.04. The topological polar surface area (TPSA) is 113 Å². The van der Waals surface area contributed by atoms with E-state index >= 15 is 0 Å². The zero-order valence-corrected chi connectivity index (χ0v) is 13.2. The van der Waals surface area contributed by atoms with E-state index in [2.05, 4.69) is 5.32 Å². The van der Waals surface area contributed by atoms with Crippen molar-refractivity contribution in [3.63, 3.8) is 0 Å². The van der Waals surface area contributed by atoms with Crippen LogP contribution in [0.5, 0.6) is 0 Å². The lowest BCUT2D eigenvalue weighted by molar-refractivity contribution is -0.139. The molecule has 1 atom stereocenters. The van der Waals surface area contributed by atoms with Gasteiger partial charge >= 0.3 is 18.0 Å². The zero-order chi connectivity index (χ0) is 15.8. The van der Waals surface area contributed by atoms with E-state index in [1.54, 1.807) is 20.8 Å². The second-order valence-corrected chi connectivity index (χ2v) is 7.41. The molecule has 0 bridgehead atoms. The van der Waals surface area contributed by atoms with Crippen molar-refractivity contribution < 1.29 is 29.3 Å². The van der Waals surface area contributed by atoms with E-state index in [-0.39, 0.29) is 12.2 Å². The third-order valence-corrected chi connectivity index (χ3v) is 4.12. The number of aliphatic carboxylic acids is 2. The Morgan fingerprint density at radius 2 is 1.80 bits per heavy atom. The molecule has 0 radical (unpaired) electrons. The van der Waals surface area contributed by atoms with Crippen molar-refractivity contribution in [1.82, 2.24) is 5.32 Å². The maximum absolute atomic E-state index is 11.5. The molecule has 0 aliphatic rings. The molecule has 1 amide bonds. The predicted molar refractivity (Wildman–Crippen MR) is 78.0 cm³/mol. The van der Waals surface area contributed by atoms with Gasteiger partial charge in [-0.15, -0.1) is 0 Å². The summed E-state index contributed by atoms with van der Waals surface area (Å²) in [6.07, 6.45) is -0.782. The van der Waals surface area contributed by atoms with Crippen molar-refractivity contribution in [1.29, 1.82) is 0 Å². The fraction of sp³-hybridized carbons (Fsp3) is 0.727. The second-order valence-electron chi connectivity index (χ2n) is 4.79. The summed E-state index contributed by atoms with van der Waals surface area (Å²) in [5.74, 6) is -1.57. The predicted octanol–water partition coefficient (Wildman–Crippen LogP) is 1.82. The first-order valence-corrected chi connectivity index (χ1v) is 8.29. The highest BCUT2D eigenvalue weighted by atomic mass is 33.1. The van der Waals surface area contributed by atoms with Crippen molar-refractivity contribution in [3.05, 3.63) is 0 Å². The van der Waals surface area contributed by atoms with Crippen LogP contribution in [0.3, 0.4) is 0 Å². The Bertz CT molecular complexity index is 355. The first-order valence-electron chi connectivity index (χ1n) is 5.80. The monoisotopic (exact) mass is 325 g/mol. The minimum atomic E-state index is -1.16. The molecule has 0 saturated heterocycles. The Hall–Kier alpha value is -1.09. The summed E-state index contributed by atoms with van der Waals surface area (Å²) in [5, 5.41) is 19.7. The number of carbonyl (C=O) groups is 3. The molecule has 20 heavy (non-hydrogen) atoms. The highest BCUT2D eigenvalue weighted by Crippen LogP contribution is 2.23. The summed E-state index contributed by atoms with van der Waals surface area (Å²) in [6, 6.07) is -1.08. The number of hydrogen-bond acceptors (Lipinski definition) is 6. The molecule has 0 aromatic rings. The highest BCUT2D eigenvalue weighted by molar-refractivity contribution is 8.76. The molecule has 0 aromatic carbocycles. The van der Waals surface area contributed by atoms with Gasteiger partial charge in [0.2, 0.25) is 0 Å². The van der Waals surface area contributed by atoms with Gasteiger partial charge in [-0.3, -0.25) is 4.79 Å². The maximum Gasteiger partial charge on any atom is 0.408 e. The lowest BCUT2D eigenvalue weighted by Crippen LogP contribution is -2.44. The standard InChI is InChI=1S/C11H19NO6S2/c1-11(2,3)18-10(17)12-7(9(15)16)6-20-19-5-4-8(13)14/h7H,4-6H2,1-3H3,(H,12,17)(H,13,14)(H,15,16). The lowest BCUT2D eigenvalue weighted by Gasteiger charge is -2.21. The Balaban J connectivity index is 4.08. The Morgan fingerprint density at radius 1 is 1.20 bits per heavy atom. The van der Waals surface area contributed by atoms with Gasteiger partial charge in [0.05, 0.1) is 6.42 Å².